The van der Waals surface area contributed by atoms with Gasteiger partial charge in [-0.05, 0) is 62.8 Å². The second kappa shape index (κ2) is 5.54. The Kier molecular flexibility index (Phi) is 4.38. The van der Waals surface area contributed by atoms with E-state index in [4.69, 9.17) is 0 Å². The van der Waals surface area contributed by atoms with Crippen molar-refractivity contribution < 1.29 is 8.42 Å². The molecule has 1 N–H and O–H groups in total. The van der Waals surface area contributed by atoms with E-state index in [0.29, 0.717) is 4.90 Å². The summed E-state index contributed by atoms with van der Waals surface area (Å²) in [4.78, 5) is 0.385. The monoisotopic (exact) mass is 345 g/mol. The van der Waals surface area contributed by atoms with E-state index in [0.717, 1.165) is 31.0 Å². The second-order valence-corrected chi connectivity index (χ2v) is 8.19. The van der Waals surface area contributed by atoms with E-state index in [9.17, 15) is 8.42 Å². The zero-order valence-corrected chi connectivity index (χ0v) is 13.8. The molecule has 1 aromatic rings. The molecule has 0 unspecified atom stereocenters. The normalized spacial score (nSPS) is 15.5. The zero-order chi connectivity index (χ0) is 14.1. The van der Waals surface area contributed by atoms with Gasteiger partial charge in [0, 0.05) is 10.9 Å². The minimum absolute atomic E-state index is 0.385. The number of halogens is 1. The van der Waals surface area contributed by atoms with Gasteiger partial charge in [-0.25, -0.2) is 13.1 Å². The van der Waals surface area contributed by atoms with Gasteiger partial charge in [0.2, 0.25) is 10.0 Å². The summed E-state index contributed by atoms with van der Waals surface area (Å²) in [6.07, 6.45) is 3.93. The highest BCUT2D eigenvalue weighted by atomic mass is 79.9. The van der Waals surface area contributed by atoms with E-state index in [2.05, 4.69) is 20.7 Å². The molecule has 0 spiro atoms. The summed E-state index contributed by atoms with van der Waals surface area (Å²) in [5.74, 6) is 0. The van der Waals surface area contributed by atoms with Crippen LogP contribution in [0.4, 0.5) is 0 Å². The summed E-state index contributed by atoms with van der Waals surface area (Å²) in [6.45, 7) is 3.80. The Morgan fingerprint density at radius 3 is 2.63 bits per heavy atom. The molecule has 1 aliphatic carbocycles. The largest absolute Gasteiger partial charge is 0.241 e. The highest BCUT2D eigenvalue weighted by Gasteiger charge is 2.26. The van der Waals surface area contributed by atoms with Crippen LogP contribution in [-0.2, 0) is 22.9 Å². The van der Waals surface area contributed by atoms with E-state index < -0.39 is 15.6 Å². The lowest BCUT2D eigenvalue weighted by molar-refractivity contribution is 0.443. The first-order chi connectivity index (χ1) is 8.84. The maximum absolute atomic E-state index is 12.4. The Hall–Kier alpha value is -0.390. The molecule has 0 aromatic heterocycles. The summed E-state index contributed by atoms with van der Waals surface area (Å²) < 4.78 is 27.6. The molecule has 1 aliphatic rings. The third-order valence-electron chi connectivity index (χ3n) is 3.51. The number of rotatable bonds is 5. The highest BCUT2D eigenvalue weighted by molar-refractivity contribution is 9.09. The SMILES string of the molecule is CC(C)(CCBr)NS(=O)(=O)c1ccc2c(c1)CCC2. The number of fused-ring (bicyclic) bond motifs is 1. The topological polar surface area (TPSA) is 46.2 Å². The van der Waals surface area contributed by atoms with Crippen LogP contribution in [0, 0.1) is 0 Å². The molecule has 3 nitrogen and oxygen atoms in total. The van der Waals surface area contributed by atoms with Crippen molar-refractivity contribution in [2.24, 2.45) is 0 Å². The maximum atomic E-state index is 12.4. The molecule has 0 bridgehead atoms. The van der Waals surface area contributed by atoms with Crippen LogP contribution in [0.1, 0.15) is 37.8 Å². The van der Waals surface area contributed by atoms with Gasteiger partial charge in [-0.15, -0.1) is 0 Å². The lowest BCUT2D eigenvalue weighted by atomic mass is 10.0. The van der Waals surface area contributed by atoms with Gasteiger partial charge in [0.15, 0.2) is 0 Å². The van der Waals surface area contributed by atoms with Crippen LogP contribution in [0.5, 0.6) is 0 Å². The average molecular weight is 346 g/mol. The van der Waals surface area contributed by atoms with Gasteiger partial charge in [0.05, 0.1) is 4.90 Å². The zero-order valence-electron chi connectivity index (χ0n) is 11.4. The molecule has 0 radical (unpaired) electrons. The van der Waals surface area contributed by atoms with E-state index in [1.807, 2.05) is 26.0 Å². The highest BCUT2D eigenvalue weighted by Crippen LogP contribution is 2.25. The molecule has 0 amide bonds. The lowest BCUT2D eigenvalue weighted by Gasteiger charge is -2.25. The predicted molar refractivity (Wildman–Crippen MR) is 81.3 cm³/mol. The molecular formula is C14H20BrNO2S. The second-order valence-electron chi connectivity index (χ2n) is 5.71. The third-order valence-corrected chi connectivity index (χ3v) is 5.60. The van der Waals surface area contributed by atoms with E-state index >= 15 is 0 Å². The Labute approximate surface area is 124 Å². The van der Waals surface area contributed by atoms with Crippen LogP contribution >= 0.6 is 15.9 Å². The smallest absolute Gasteiger partial charge is 0.207 e. The molecule has 1 aromatic carbocycles. The van der Waals surface area contributed by atoms with E-state index in [-0.39, 0.29) is 0 Å². The number of hydrogen-bond acceptors (Lipinski definition) is 2. The first-order valence-corrected chi connectivity index (χ1v) is 9.16. The number of alkyl halides is 1. The standard InChI is InChI=1S/C14H20BrNO2S/c1-14(2,8-9-15)16-19(17,18)13-7-6-11-4-3-5-12(11)10-13/h6-7,10,16H,3-5,8-9H2,1-2H3. The summed E-state index contributed by atoms with van der Waals surface area (Å²) in [6, 6.07) is 5.50. The summed E-state index contributed by atoms with van der Waals surface area (Å²) in [5, 5.41) is 0.771. The number of nitrogens with one attached hydrogen (secondary N) is 1. The minimum atomic E-state index is -3.43. The number of aryl methyl sites for hydroxylation is 2. The van der Waals surface area contributed by atoms with Crippen molar-refractivity contribution in [2.45, 2.75) is 50.0 Å². The Morgan fingerprint density at radius 1 is 1.26 bits per heavy atom. The molecule has 19 heavy (non-hydrogen) atoms. The van der Waals surface area contributed by atoms with Crippen molar-refractivity contribution >= 4 is 26.0 Å². The molecule has 106 valence electrons. The lowest BCUT2D eigenvalue weighted by Crippen LogP contribution is -2.43. The minimum Gasteiger partial charge on any atom is -0.207 e. The average Bonchev–Trinajstić information content (AvgIpc) is 2.73. The predicted octanol–water partition coefficient (Wildman–Crippen LogP) is 3.02. The van der Waals surface area contributed by atoms with Crippen LogP contribution in [0.2, 0.25) is 0 Å². The van der Waals surface area contributed by atoms with E-state index in [1.165, 1.54) is 11.1 Å². The number of benzene rings is 1. The van der Waals surface area contributed by atoms with Crippen LogP contribution < -0.4 is 4.72 Å². The molecule has 2 rings (SSSR count). The summed E-state index contributed by atoms with van der Waals surface area (Å²) in [5.41, 5.74) is 2.03. The molecule has 0 saturated heterocycles. The van der Waals surface area contributed by atoms with Gasteiger partial charge in [0.25, 0.3) is 0 Å². The van der Waals surface area contributed by atoms with Crippen molar-refractivity contribution in [2.75, 3.05) is 5.33 Å². The van der Waals surface area contributed by atoms with Crippen molar-refractivity contribution in [3.63, 3.8) is 0 Å². The van der Waals surface area contributed by atoms with Crippen molar-refractivity contribution in [3.8, 4) is 0 Å². The Morgan fingerprint density at radius 2 is 1.95 bits per heavy atom. The first-order valence-electron chi connectivity index (χ1n) is 6.56. The van der Waals surface area contributed by atoms with Crippen molar-refractivity contribution in [3.05, 3.63) is 29.3 Å². The first kappa shape index (κ1) is 15.0. The van der Waals surface area contributed by atoms with Gasteiger partial charge < -0.3 is 0 Å². The van der Waals surface area contributed by atoms with Gasteiger partial charge in [0.1, 0.15) is 0 Å². The molecule has 0 atom stereocenters. The van der Waals surface area contributed by atoms with Gasteiger partial charge >= 0.3 is 0 Å². The third kappa shape index (κ3) is 3.58. The van der Waals surface area contributed by atoms with Crippen LogP contribution in [0.15, 0.2) is 23.1 Å². The molecule has 0 saturated carbocycles. The quantitative estimate of drug-likeness (QED) is 0.833. The summed E-state index contributed by atoms with van der Waals surface area (Å²) in [7, 11) is -3.43. The Bertz CT molecular complexity index is 567. The van der Waals surface area contributed by atoms with Crippen LogP contribution in [0.25, 0.3) is 0 Å². The van der Waals surface area contributed by atoms with E-state index in [1.54, 1.807) is 6.07 Å². The van der Waals surface area contributed by atoms with Crippen LogP contribution in [0.3, 0.4) is 0 Å². The fourth-order valence-corrected chi connectivity index (χ4v) is 4.91. The molecule has 0 heterocycles. The van der Waals surface area contributed by atoms with Gasteiger partial charge in [-0.2, -0.15) is 0 Å². The van der Waals surface area contributed by atoms with Gasteiger partial charge in [-0.3, -0.25) is 0 Å². The Balaban J connectivity index is 2.25. The van der Waals surface area contributed by atoms with Crippen molar-refractivity contribution in [1.82, 2.24) is 4.72 Å². The van der Waals surface area contributed by atoms with Crippen LogP contribution in [-0.4, -0.2) is 19.3 Å². The van der Waals surface area contributed by atoms with Gasteiger partial charge in [-0.1, -0.05) is 22.0 Å². The molecule has 0 fully saturated rings. The molecular weight excluding hydrogens is 326 g/mol. The maximum Gasteiger partial charge on any atom is 0.241 e. The van der Waals surface area contributed by atoms with Crippen molar-refractivity contribution in [1.29, 1.82) is 0 Å². The fraction of sp³-hybridized carbons (Fsp3) is 0.571. The fourth-order valence-electron chi connectivity index (χ4n) is 2.43. The number of hydrogen-bond donors (Lipinski definition) is 1. The summed E-state index contributed by atoms with van der Waals surface area (Å²) >= 11 is 3.35. The molecule has 5 heteroatoms. The number of sulfonamides is 1. The molecule has 0 aliphatic heterocycles.